The van der Waals surface area contributed by atoms with Gasteiger partial charge in [0.15, 0.2) is 0 Å². The fraction of sp³-hybridized carbons (Fsp3) is 0.625. The second-order valence-corrected chi connectivity index (χ2v) is 6.91. The number of nitrogens with one attached hydrogen (secondary N) is 1. The highest BCUT2D eigenvalue weighted by Crippen LogP contribution is 2.35. The predicted molar refractivity (Wildman–Crippen MR) is 91.7 cm³/mol. The van der Waals surface area contributed by atoms with Gasteiger partial charge in [0.2, 0.25) is 0 Å². The van der Waals surface area contributed by atoms with Crippen LogP contribution in [0.25, 0.3) is 0 Å². The van der Waals surface area contributed by atoms with Crippen LogP contribution in [0.15, 0.2) is 21.1 Å². The minimum absolute atomic E-state index is 0.419. The van der Waals surface area contributed by atoms with Crippen molar-refractivity contribution < 1.29 is 0 Å². The van der Waals surface area contributed by atoms with Crippen LogP contribution in [-0.2, 0) is 0 Å². The van der Waals surface area contributed by atoms with Crippen molar-refractivity contribution in [2.24, 2.45) is 5.92 Å². The summed E-state index contributed by atoms with van der Waals surface area (Å²) >= 11 is 7.38. The molecule has 0 fully saturated rings. The molecule has 0 saturated carbocycles. The summed E-state index contributed by atoms with van der Waals surface area (Å²) in [5, 5.41) is 3.51. The summed E-state index contributed by atoms with van der Waals surface area (Å²) in [6.45, 7) is 6.68. The number of unbranched alkanes of at least 4 members (excludes halogenated alkanes) is 1. The van der Waals surface area contributed by atoms with E-state index in [1.54, 1.807) is 0 Å². The fourth-order valence-corrected chi connectivity index (χ4v) is 3.68. The third-order valence-electron chi connectivity index (χ3n) is 3.85. The van der Waals surface area contributed by atoms with Crippen LogP contribution in [0.3, 0.4) is 0 Å². The van der Waals surface area contributed by atoms with Crippen LogP contribution in [-0.4, -0.2) is 7.05 Å². The number of hydrogen-bond acceptors (Lipinski definition) is 1. The quantitative estimate of drug-likeness (QED) is 0.602. The molecule has 0 saturated heterocycles. The van der Waals surface area contributed by atoms with Gasteiger partial charge < -0.3 is 5.32 Å². The fourth-order valence-electron chi connectivity index (χ4n) is 2.62. The molecule has 2 unspecified atom stereocenters. The van der Waals surface area contributed by atoms with Crippen molar-refractivity contribution in [3.63, 3.8) is 0 Å². The zero-order chi connectivity index (χ0) is 14.4. The van der Waals surface area contributed by atoms with Gasteiger partial charge in [-0.3, -0.25) is 0 Å². The minimum atomic E-state index is 0.419. The second-order valence-electron chi connectivity index (χ2n) is 5.20. The lowest BCUT2D eigenvalue weighted by Gasteiger charge is -2.28. The van der Waals surface area contributed by atoms with Gasteiger partial charge in [0.05, 0.1) is 0 Å². The standard InChI is InChI=1S/C16H25Br2N/c1-5-7-8-12(6-2)16(19-4)13-10-14(17)11(3)9-15(13)18/h9-10,12,16,19H,5-8H2,1-4H3. The molecule has 3 heteroatoms. The monoisotopic (exact) mass is 389 g/mol. The second kappa shape index (κ2) is 8.43. The van der Waals surface area contributed by atoms with E-state index in [1.165, 1.54) is 45.8 Å². The van der Waals surface area contributed by atoms with Crippen LogP contribution < -0.4 is 5.32 Å². The van der Waals surface area contributed by atoms with E-state index in [4.69, 9.17) is 0 Å². The average Bonchev–Trinajstić information content (AvgIpc) is 2.39. The van der Waals surface area contributed by atoms with E-state index in [-0.39, 0.29) is 0 Å². The van der Waals surface area contributed by atoms with E-state index in [9.17, 15) is 0 Å². The van der Waals surface area contributed by atoms with Crippen molar-refractivity contribution in [1.82, 2.24) is 5.32 Å². The number of aryl methyl sites for hydroxylation is 1. The van der Waals surface area contributed by atoms with Crippen LogP contribution in [0.5, 0.6) is 0 Å². The number of rotatable bonds is 7. The Bertz CT molecular complexity index is 404. The van der Waals surface area contributed by atoms with Crippen molar-refractivity contribution in [2.45, 2.75) is 52.5 Å². The summed E-state index contributed by atoms with van der Waals surface area (Å²) in [6.07, 6.45) is 5.08. The van der Waals surface area contributed by atoms with Crippen LogP contribution >= 0.6 is 31.9 Å². The van der Waals surface area contributed by atoms with E-state index in [2.05, 4.69) is 77.1 Å². The van der Waals surface area contributed by atoms with Gasteiger partial charge >= 0.3 is 0 Å². The first-order valence-corrected chi connectivity index (χ1v) is 8.76. The number of halogens is 2. The van der Waals surface area contributed by atoms with Crippen LogP contribution in [0.4, 0.5) is 0 Å². The Balaban J connectivity index is 3.04. The maximum atomic E-state index is 3.73. The summed E-state index contributed by atoms with van der Waals surface area (Å²) in [6, 6.07) is 4.88. The summed E-state index contributed by atoms with van der Waals surface area (Å²) < 4.78 is 2.40. The molecule has 0 aliphatic carbocycles. The van der Waals surface area contributed by atoms with E-state index in [1.807, 2.05) is 0 Å². The summed E-state index contributed by atoms with van der Waals surface area (Å²) in [7, 11) is 2.07. The van der Waals surface area contributed by atoms with Gasteiger partial charge in [0.1, 0.15) is 0 Å². The van der Waals surface area contributed by atoms with E-state index < -0.39 is 0 Å². The largest absolute Gasteiger partial charge is 0.313 e. The third-order valence-corrected chi connectivity index (χ3v) is 5.39. The molecule has 0 spiro atoms. The molecule has 0 aliphatic heterocycles. The zero-order valence-electron chi connectivity index (χ0n) is 12.4. The molecule has 19 heavy (non-hydrogen) atoms. The van der Waals surface area contributed by atoms with Gasteiger partial charge in [-0.15, -0.1) is 0 Å². The van der Waals surface area contributed by atoms with Crippen molar-refractivity contribution in [3.8, 4) is 0 Å². The molecule has 1 rings (SSSR count). The molecule has 1 aromatic carbocycles. The smallest absolute Gasteiger partial charge is 0.0357 e. The Hall–Kier alpha value is 0.140. The number of benzene rings is 1. The van der Waals surface area contributed by atoms with Gasteiger partial charge in [0, 0.05) is 15.0 Å². The van der Waals surface area contributed by atoms with Crippen molar-refractivity contribution in [3.05, 3.63) is 32.2 Å². The first-order valence-electron chi connectivity index (χ1n) is 7.17. The number of hydrogen-bond donors (Lipinski definition) is 1. The maximum absolute atomic E-state index is 3.73. The minimum Gasteiger partial charge on any atom is -0.313 e. The molecule has 1 N–H and O–H groups in total. The highest BCUT2D eigenvalue weighted by atomic mass is 79.9. The Labute approximate surface area is 134 Å². The first-order chi connectivity index (χ1) is 9.04. The van der Waals surface area contributed by atoms with Gasteiger partial charge in [-0.1, -0.05) is 65.0 Å². The Morgan fingerprint density at radius 1 is 1.16 bits per heavy atom. The highest BCUT2D eigenvalue weighted by Gasteiger charge is 2.22. The van der Waals surface area contributed by atoms with Crippen molar-refractivity contribution in [2.75, 3.05) is 7.05 Å². The molecular formula is C16H25Br2N. The van der Waals surface area contributed by atoms with E-state index in [0.29, 0.717) is 12.0 Å². The molecular weight excluding hydrogens is 366 g/mol. The Morgan fingerprint density at radius 2 is 1.84 bits per heavy atom. The molecule has 0 bridgehead atoms. The normalized spacial score (nSPS) is 14.4. The molecule has 2 atom stereocenters. The zero-order valence-corrected chi connectivity index (χ0v) is 15.6. The maximum Gasteiger partial charge on any atom is 0.0357 e. The SMILES string of the molecule is CCCCC(CC)C(NC)c1cc(Br)c(C)cc1Br. The Morgan fingerprint density at radius 3 is 2.37 bits per heavy atom. The van der Waals surface area contributed by atoms with Crippen LogP contribution in [0, 0.1) is 12.8 Å². The van der Waals surface area contributed by atoms with Crippen molar-refractivity contribution >= 4 is 31.9 Å². The van der Waals surface area contributed by atoms with E-state index >= 15 is 0 Å². The molecule has 0 heterocycles. The lowest BCUT2D eigenvalue weighted by atomic mass is 9.87. The molecule has 1 nitrogen and oxygen atoms in total. The molecule has 0 amide bonds. The van der Waals surface area contributed by atoms with Crippen LogP contribution in [0.2, 0.25) is 0 Å². The highest BCUT2D eigenvalue weighted by molar-refractivity contribution is 9.11. The molecule has 108 valence electrons. The molecule has 1 aromatic rings. The lowest BCUT2D eigenvalue weighted by Crippen LogP contribution is -2.25. The summed E-state index contributed by atoms with van der Waals surface area (Å²) in [5.41, 5.74) is 2.63. The lowest BCUT2D eigenvalue weighted by molar-refractivity contribution is 0.338. The van der Waals surface area contributed by atoms with Gasteiger partial charge in [-0.25, -0.2) is 0 Å². The van der Waals surface area contributed by atoms with E-state index in [0.717, 1.165) is 0 Å². The van der Waals surface area contributed by atoms with Gasteiger partial charge in [0.25, 0.3) is 0 Å². The summed E-state index contributed by atoms with van der Waals surface area (Å²) in [4.78, 5) is 0. The molecule has 0 aromatic heterocycles. The predicted octanol–water partition coefficient (Wildman–Crippen LogP) is 6.00. The average molecular weight is 391 g/mol. The van der Waals surface area contributed by atoms with Crippen LogP contribution in [0.1, 0.15) is 56.7 Å². The topological polar surface area (TPSA) is 12.0 Å². The Kier molecular flexibility index (Phi) is 7.63. The molecule has 0 aliphatic rings. The van der Waals surface area contributed by atoms with Gasteiger partial charge in [-0.05, 0) is 49.6 Å². The van der Waals surface area contributed by atoms with Crippen molar-refractivity contribution in [1.29, 1.82) is 0 Å². The molecule has 0 radical (unpaired) electrons. The third kappa shape index (κ3) is 4.57. The first kappa shape index (κ1) is 17.2. The summed E-state index contributed by atoms with van der Waals surface area (Å²) in [5.74, 6) is 0.691. The van der Waals surface area contributed by atoms with Gasteiger partial charge in [-0.2, -0.15) is 0 Å².